The van der Waals surface area contributed by atoms with Gasteiger partial charge in [0.2, 0.25) is 17.6 Å². The first-order valence-corrected chi connectivity index (χ1v) is 9.79. The molecule has 0 fully saturated rings. The van der Waals surface area contributed by atoms with E-state index in [0.717, 1.165) is 22.1 Å². The normalized spacial score (nSPS) is 10.9. The minimum absolute atomic E-state index is 0.151. The lowest BCUT2D eigenvalue weighted by molar-refractivity contribution is -0.121. The molecule has 1 N–H and O–H groups in total. The van der Waals surface area contributed by atoms with Crippen LogP contribution in [0.3, 0.4) is 0 Å². The Morgan fingerprint density at radius 1 is 1.16 bits per heavy atom. The Balaban J connectivity index is 1.39. The van der Waals surface area contributed by atoms with Gasteiger partial charge in [0.25, 0.3) is 0 Å². The van der Waals surface area contributed by atoms with Crippen LogP contribution in [0, 0.1) is 6.92 Å². The molecule has 0 unspecified atom stereocenters. The molecule has 31 heavy (non-hydrogen) atoms. The van der Waals surface area contributed by atoms with Crippen molar-refractivity contribution in [1.29, 1.82) is 0 Å². The second-order valence-corrected chi connectivity index (χ2v) is 7.06. The number of carbonyl (C=O) groups is 1. The van der Waals surface area contributed by atoms with Crippen LogP contribution < -0.4 is 15.7 Å². The molecule has 0 saturated heterocycles. The predicted octanol–water partition coefficient (Wildman–Crippen LogP) is 3.41. The van der Waals surface area contributed by atoms with E-state index in [1.54, 1.807) is 13.2 Å². The zero-order chi connectivity index (χ0) is 21.8. The van der Waals surface area contributed by atoms with Gasteiger partial charge < -0.3 is 19.0 Å². The largest absolute Gasteiger partial charge is 0.496 e. The third-order valence-electron chi connectivity index (χ3n) is 4.91. The van der Waals surface area contributed by atoms with Crippen molar-refractivity contribution < 1.29 is 18.5 Å². The minimum atomic E-state index is -0.407. The molecule has 2 heterocycles. The van der Waals surface area contributed by atoms with Gasteiger partial charge in [0.15, 0.2) is 0 Å². The summed E-state index contributed by atoms with van der Waals surface area (Å²) in [5, 5.41) is 7.55. The molecule has 0 saturated carbocycles. The molecule has 1 amide bonds. The summed E-state index contributed by atoms with van der Waals surface area (Å²) < 4.78 is 15.9. The highest BCUT2D eigenvalue weighted by atomic mass is 16.5. The molecule has 8 nitrogen and oxygen atoms in total. The van der Waals surface area contributed by atoms with Crippen molar-refractivity contribution in [3.63, 3.8) is 0 Å². The summed E-state index contributed by atoms with van der Waals surface area (Å²) in [4.78, 5) is 28.2. The Bertz CT molecular complexity index is 1280. The van der Waals surface area contributed by atoms with Gasteiger partial charge in [0.05, 0.1) is 13.7 Å². The van der Waals surface area contributed by atoms with Crippen LogP contribution in [-0.2, 0) is 17.8 Å². The highest BCUT2D eigenvalue weighted by molar-refractivity contribution is 5.83. The molecule has 0 radical (unpaired) electrons. The van der Waals surface area contributed by atoms with Gasteiger partial charge in [-0.15, -0.1) is 0 Å². The summed E-state index contributed by atoms with van der Waals surface area (Å²) in [6, 6.07) is 14.5. The van der Waals surface area contributed by atoms with E-state index >= 15 is 0 Å². The number of hydrogen-bond acceptors (Lipinski definition) is 7. The number of benzene rings is 2. The van der Waals surface area contributed by atoms with Gasteiger partial charge in [-0.05, 0) is 30.5 Å². The Morgan fingerprint density at radius 2 is 1.97 bits per heavy atom. The third kappa shape index (κ3) is 4.63. The molecule has 0 aliphatic heterocycles. The lowest BCUT2D eigenvalue weighted by Gasteiger charge is -2.11. The summed E-state index contributed by atoms with van der Waals surface area (Å²) in [7, 11) is 1.54. The number of fused-ring (bicyclic) bond motifs is 1. The summed E-state index contributed by atoms with van der Waals surface area (Å²) in [6.45, 7) is 1.99. The highest BCUT2D eigenvalue weighted by Crippen LogP contribution is 2.28. The predicted molar refractivity (Wildman–Crippen MR) is 114 cm³/mol. The number of amides is 1. The first-order valence-electron chi connectivity index (χ1n) is 9.79. The number of carbonyl (C=O) groups excluding carboxylic acids is 1. The zero-order valence-corrected chi connectivity index (χ0v) is 17.2. The van der Waals surface area contributed by atoms with Crippen molar-refractivity contribution in [2.24, 2.45) is 0 Å². The Morgan fingerprint density at radius 3 is 2.74 bits per heavy atom. The van der Waals surface area contributed by atoms with E-state index in [1.165, 1.54) is 6.07 Å². The molecule has 0 bridgehead atoms. The SMILES string of the molecule is COc1cc2oc(=O)cc(C)c2cc1CCC(=O)NCc1nc(-c2ccccc2)no1. The number of methoxy groups -OCH3 is 1. The molecule has 0 spiro atoms. The quantitative estimate of drug-likeness (QED) is 0.457. The number of aryl methyl sites for hydroxylation is 2. The fourth-order valence-corrected chi connectivity index (χ4v) is 3.32. The number of nitrogens with one attached hydrogen (secondary N) is 1. The van der Waals surface area contributed by atoms with Crippen molar-refractivity contribution in [1.82, 2.24) is 15.5 Å². The standard InChI is InChI=1S/C23H21N3O5/c1-14-10-22(28)30-19-12-18(29-2)16(11-17(14)19)8-9-20(27)24-13-21-25-23(26-31-21)15-6-4-3-5-7-15/h3-7,10-12H,8-9,13H2,1-2H3,(H,24,27). The first-order chi connectivity index (χ1) is 15.0. The maximum atomic E-state index is 12.3. The van der Waals surface area contributed by atoms with Crippen molar-refractivity contribution in [3.8, 4) is 17.1 Å². The number of aromatic nitrogens is 2. The van der Waals surface area contributed by atoms with Crippen molar-refractivity contribution in [3.05, 3.63) is 76.0 Å². The average Bonchev–Trinajstić information content (AvgIpc) is 3.25. The zero-order valence-electron chi connectivity index (χ0n) is 17.2. The molecule has 0 aliphatic carbocycles. The Kier molecular flexibility index (Phi) is 5.79. The highest BCUT2D eigenvalue weighted by Gasteiger charge is 2.13. The molecular formula is C23H21N3O5. The lowest BCUT2D eigenvalue weighted by atomic mass is 10.0. The summed E-state index contributed by atoms with van der Waals surface area (Å²) in [6.07, 6.45) is 0.708. The second-order valence-electron chi connectivity index (χ2n) is 7.06. The summed E-state index contributed by atoms with van der Waals surface area (Å²) >= 11 is 0. The Labute approximate surface area is 177 Å². The van der Waals surface area contributed by atoms with Crippen LogP contribution >= 0.6 is 0 Å². The van der Waals surface area contributed by atoms with Gasteiger partial charge in [-0.25, -0.2) is 4.79 Å². The fourth-order valence-electron chi connectivity index (χ4n) is 3.32. The van der Waals surface area contributed by atoms with Crippen LogP contribution in [0.5, 0.6) is 5.75 Å². The molecule has 2 aromatic carbocycles. The van der Waals surface area contributed by atoms with E-state index in [0.29, 0.717) is 29.5 Å². The van der Waals surface area contributed by atoms with Gasteiger partial charge in [0.1, 0.15) is 11.3 Å². The van der Waals surface area contributed by atoms with E-state index in [4.69, 9.17) is 13.7 Å². The molecule has 4 aromatic rings. The molecule has 2 aromatic heterocycles. The molecule has 0 atom stereocenters. The molecule has 4 rings (SSSR count). The summed E-state index contributed by atoms with van der Waals surface area (Å²) in [5.74, 6) is 1.23. The van der Waals surface area contributed by atoms with Gasteiger partial charge in [-0.1, -0.05) is 35.5 Å². The van der Waals surface area contributed by atoms with E-state index in [9.17, 15) is 9.59 Å². The maximum Gasteiger partial charge on any atom is 0.336 e. The molecular weight excluding hydrogens is 398 g/mol. The first kappa shape index (κ1) is 20.3. The fraction of sp³-hybridized carbons (Fsp3) is 0.217. The third-order valence-corrected chi connectivity index (χ3v) is 4.91. The van der Waals surface area contributed by atoms with Gasteiger partial charge in [-0.2, -0.15) is 4.98 Å². The van der Waals surface area contributed by atoms with Crippen LogP contribution in [0.4, 0.5) is 0 Å². The van der Waals surface area contributed by atoms with Crippen LogP contribution in [0.15, 0.2) is 62.3 Å². The van der Waals surface area contributed by atoms with Crippen LogP contribution in [0.2, 0.25) is 0 Å². The lowest BCUT2D eigenvalue weighted by Crippen LogP contribution is -2.23. The maximum absolute atomic E-state index is 12.3. The number of hydrogen-bond donors (Lipinski definition) is 1. The molecule has 8 heteroatoms. The monoisotopic (exact) mass is 419 g/mol. The number of ether oxygens (including phenoxy) is 1. The van der Waals surface area contributed by atoms with Gasteiger partial charge in [0, 0.05) is 29.5 Å². The van der Waals surface area contributed by atoms with Crippen molar-refractivity contribution in [2.75, 3.05) is 7.11 Å². The number of nitrogens with zero attached hydrogens (tertiary/aromatic N) is 2. The summed E-state index contributed by atoms with van der Waals surface area (Å²) in [5.41, 5.74) is 2.56. The second kappa shape index (κ2) is 8.83. The minimum Gasteiger partial charge on any atom is -0.496 e. The van der Waals surface area contributed by atoms with Gasteiger partial charge in [-0.3, -0.25) is 4.79 Å². The van der Waals surface area contributed by atoms with Crippen LogP contribution in [0.25, 0.3) is 22.4 Å². The van der Waals surface area contributed by atoms with Crippen molar-refractivity contribution >= 4 is 16.9 Å². The molecule has 158 valence electrons. The van der Waals surface area contributed by atoms with Gasteiger partial charge >= 0.3 is 5.63 Å². The van der Waals surface area contributed by atoms with E-state index < -0.39 is 5.63 Å². The van der Waals surface area contributed by atoms with Crippen LogP contribution in [0.1, 0.15) is 23.4 Å². The number of rotatable bonds is 7. The topological polar surface area (TPSA) is 107 Å². The van der Waals surface area contributed by atoms with E-state index in [-0.39, 0.29) is 18.9 Å². The van der Waals surface area contributed by atoms with E-state index in [2.05, 4.69) is 15.5 Å². The van der Waals surface area contributed by atoms with E-state index in [1.807, 2.05) is 43.3 Å². The van der Waals surface area contributed by atoms with Crippen molar-refractivity contribution in [2.45, 2.75) is 26.3 Å². The van der Waals surface area contributed by atoms with Crippen LogP contribution in [-0.4, -0.2) is 23.2 Å². The molecule has 0 aliphatic rings. The smallest absolute Gasteiger partial charge is 0.336 e. The average molecular weight is 419 g/mol. The Hall–Kier alpha value is -3.94.